The second-order valence-corrected chi connectivity index (χ2v) is 4.93. The fourth-order valence-electron chi connectivity index (χ4n) is 2.06. The highest BCUT2D eigenvalue weighted by Gasteiger charge is 2.25. The summed E-state index contributed by atoms with van der Waals surface area (Å²) in [5, 5.41) is 8.92. The van der Waals surface area contributed by atoms with Crippen molar-refractivity contribution in [2.24, 2.45) is 16.8 Å². The number of aliphatic carboxylic acids is 1. The third-order valence-corrected chi connectivity index (χ3v) is 2.98. The summed E-state index contributed by atoms with van der Waals surface area (Å²) >= 11 is 0. The normalized spacial score (nSPS) is 17.8. The highest BCUT2D eigenvalue weighted by atomic mass is 16.4. The van der Waals surface area contributed by atoms with Gasteiger partial charge < -0.3 is 10.0 Å². The molecule has 1 aliphatic rings. The molecule has 92 valence electrons. The van der Waals surface area contributed by atoms with Gasteiger partial charge in [-0.2, -0.15) is 0 Å². The van der Waals surface area contributed by atoms with E-state index in [0.717, 1.165) is 31.8 Å². The van der Waals surface area contributed by atoms with E-state index in [1.807, 2.05) is 7.05 Å². The van der Waals surface area contributed by atoms with Gasteiger partial charge in [0.15, 0.2) is 0 Å². The first-order valence-electron chi connectivity index (χ1n) is 5.98. The van der Waals surface area contributed by atoms with E-state index in [4.69, 9.17) is 5.11 Å². The molecule has 1 heterocycles. The first kappa shape index (κ1) is 13.0. The Bertz CT molecular complexity index is 274. The molecular weight excluding hydrogens is 204 g/mol. The quantitative estimate of drug-likeness (QED) is 0.752. The lowest BCUT2D eigenvalue weighted by Gasteiger charge is -2.22. The van der Waals surface area contributed by atoms with Crippen LogP contribution in [0, 0.1) is 11.8 Å². The maximum Gasteiger partial charge on any atom is 0.304 e. The van der Waals surface area contributed by atoms with Gasteiger partial charge in [0.25, 0.3) is 0 Å². The van der Waals surface area contributed by atoms with Gasteiger partial charge in [-0.15, -0.1) is 0 Å². The predicted molar refractivity (Wildman–Crippen MR) is 64.7 cm³/mol. The van der Waals surface area contributed by atoms with Crippen molar-refractivity contribution in [1.29, 1.82) is 0 Å². The SMILES string of the molecule is CC(C)CCC(CC(=O)O)C1=NCCN1C. The molecule has 0 radical (unpaired) electrons. The molecule has 1 aliphatic heterocycles. The standard InChI is InChI=1S/C12H22N2O2/c1-9(2)4-5-10(8-11(15)16)12-13-6-7-14(12)3/h9-10H,4-8H2,1-3H3,(H,15,16). The van der Waals surface area contributed by atoms with Gasteiger partial charge >= 0.3 is 5.97 Å². The van der Waals surface area contributed by atoms with Crippen LogP contribution in [-0.2, 0) is 4.79 Å². The minimum atomic E-state index is -0.725. The Morgan fingerprint density at radius 2 is 2.19 bits per heavy atom. The molecule has 1 unspecified atom stereocenters. The molecule has 0 bridgehead atoms. The van der Waals surface area contributed by atoms with E-state index in [1.165, 1.54) is 0 Å². The van der Waals surface area contributed by atoms with Crippen LogP contribution in [0.25, 0.3) is 0 Å². The van der Waals surface area contributed by atoms with Crippen molar-refractivity contribution >= 4 is 11.8 Å². The fourth-order valence-corrected chi connectivity index (χ4v) is 2.06. The Hall–Kier alpha value is -1.06. The van der Waals surface area contributed by atoms with Crippen LogP contribution in [0.2, 0.25) is 0 Å². The summed E-state index contributed by atoms with van der Waals surface area (Å²) in [6.07, 6.45) is 2.19. The van der Waals surface area contributed by atoms with Crippen LogP contribution in [0.15, 0.2) is 4.99 Å². The molecule has 0 aromatic rings. The number of carboxylic acid groups (broad SMARTS) is 1. The maximum absolute atomic E-state index is 10.8. The molecule has 0 aromatic carbocycles. The third-order valence-electron chi connectivity index (χ3n) is 2.98. The molecule has 16 heavy (non-hydrogen) atoms. The molecule has 0 saturated heterocycles. The van der Waals surface area contributed by atoms with Crippen LogP contribution in [0.1, 0.15) is 33.1 Å². The Balaban J connectivity index is 2.59. The number of rotatable bonds is 6. The lowest BCUT2D eigenvalue weighted by molar-refractivity contribution is -0.137. The van der Waals surface area contributed by atoms with Crippen LogP contribution in [0.5, 0.6) is 0 Å². The highest BCUT2D eigenvalue weighted by Crippen LogP contribution is 2.21. The first-order chi connectivity index (χ1) is 7.50. The van der Waals surface area contributed by atoms with Crippen LogP contribution >= 0.6 is 0 Å². The van der Waals surface area contributed by atoms with Gasteiger partial charge in [0.1, 0.15) is 5.84 Å². The zero-order valence-electron chi connectivity index (χ0n) is 10.4. The van der Waals surface area contributed by atoms with Crippen LogP contribution < -0.4 is 0 Å². The lowest BCUT2D eigenvalue weighted by Crippen LogP contribution is -2.31. The van der Waals surface area contributed by atoms with E-state index in [2.05, 4.69) is 23.7 Å². The second kappa shape index (κ2) is 5.87. The van der Waals surface area contributed by atoms with Crippen LogP contribution in [-0.4, -0.2) is 41.9 Å². The van der Waals surface area contributed by atoms with Gasteiger partial charge in [-0.1, -0.05) is 20.3 Å². The number of aliphatic imine (C=N–C) groups is 1. The van der Waals surface area contributed by atoms with Crippen molar-refractivity contribution in [2.45, 2.75) is 33.1 Å². The smallest absolute Gasteiger partial charge is 0.304 e. The van der Waals surface area contributed by atoms with Crippen molar-refractivity contribution in [3.05, 3.63) is 0 Å². The molecule has 0 amide bonds. The Morgan fingerprint density at radius 3 is 2.62 bits per heavy atom. The maximum atomic E-state index is 10.8. The number of carbonyl (C=O) groups is 1. The van der Waals surface area contributed by atoms with Crippen molar-refractivity contribution in [3.8, 4) is 0 Å². The van der Waals surface area contributed by atoms with E-state index in [1.54, 1.807) is 0 Å². The van der Waals surface area contributed by atoms with E-state index < -0.39 is 5.97 Å². The first-order valence-corrected chi connectivity index (χ1v) is 5.98. The summed E-state index contributed by atoms with van der Waals surface area (Å²) in [5.41, 5.74) is 0. The molecule has 0 saturated carbocycles. The molecule has 0 fully saturated rings. The van der Waals surface area contributed by atoms with E-state index >= 15 is 0 Å². The zero-order valence-corrected chi connectivity index (χ0v) is 10.4. The number of carboxylic acids is 1. The number of nitrogens with zero attached hydrogens (tertiary/aromatic N) is 2. The minimum Gasteiger partial charge on any atom is -0.481 e. The third kappa shape index (κ3) is 3.83. The fraction of sp³-hybridized carbons (Fsp3) is 0.833. The van der Waals surface area contributed by atoms with Gasteiger partial charge in [-0.05, 0) is 12.3 Å². The zero-order chi connectivity index (χ0) is 12.1. The average Bonchev–Trinajstić information content (AvgIpc) is 2.58. The Kier molecular flexibility index (Phi) is 4.77. The molecule has 0 spiro atoms. The molecule has 0 aliphatic carbocycles. The number of hydrogen-bond donors (Lipinski definition) is 1. The number of likely N-dealkylation sites (N-methyl/N-ethyl adjacent to an activating group) is 1. The second-order valence-electron chi connectivity index (χ2n) is 4.93. The van der Waals surface area contributed by atoms with Crippen molar-refractivity contribution in [2.75, 3.05) is 20.1 Å². The van der Waals surface area contributed by atoms with Crippen LogP contribution in [0.3, 0.4) is 0 Å². The molecule has 1 rings (SSSR count). The largest absolute Gasteiger partial charge is 0.481 e. The summed E-state index contributed by atoms with van der Waals surface area (Å²) in [5.74, 6) is 0.968. The minimum absolute atomic E-state index is 0.0902. The monoisotopic (exact) mass is 226 g/mol. The highest BCUT2D eigenvalue weighted by molar-refractivity contribution is 5.88. The summed E-state index contributed by atoms with van der Waals surface area (Å²) in [6.45, 7) is 6.06. The average molecular weight is 226 g/mol. The number of hydrogen-bond acceptors (Lipinski definition) is 3. The van der Waals surface area contributed by atoms with Gasteiger partial charge in [0.2, 0.25) is 0 Å². The topological polar surface area (TPSA) is 52.9 Å². The van der Waals surface area contributed by atoms with Gasteiger partial charge in [0.05, 0.1) is 13.0 Å². The molecule has 4 heteroatoms. The molecule has 1 atom stereocenters. The van der Waals surface area contributed by atoms with E-state index in [-0.39, 0.29) is 12.3 Å². The van der Waals surface area contributed by atoms with Gasteiger partial charge in [0, 0.05) is 19.5 Å². The summed E-state index contributed by atoms with van der Waals surface area (Å²) in [7, 11) is 2.00. The molecule has 0 aromatic heterocycles. The lowest BCUT2D eigenvalue weighted by atomic mass is 9.93. The van der Waals surface area contributed by atoms with E-state index in [0.29, 0.717) is 5.92 Å². The van der Waals surface area contributed by atoms with Crippen LogP contribution in [0.4, 0.5) is 0 Å². The summed E-state index contributed by atoms with van der Waals surface area (Å²) in [6, 6.07) is 0. The van der Waals surface area contributed by atoms with E-state index in [9.17, 15) is 4.79 Å². The van der Waals surface area contributed by atoms with Crippen molar-refractivity contribution < 1.29 is 9.90 Å². The molecule has 1 N–H and O–H groups in total. The molecule has 4 nitrogen and oxygen atoms in total. The Labute approximate surface area is 97.4 Å². The van der Waals surface area contributed by atoms with Crippen molar-refractivity contribution in [1.82, 2.24) is 4.90 Å². The molecular formula is C12H22N2O2. The van der Waals surface area contributed by atoms with Crippen molar-refractivity contribution in [3.63, 3.8) is 0 Å². The number of amidine groups is 1. The Morgan fingerprint density at radius 1 is 1.50 bits per heavy atom. The van der Waals surface area contributed by atoms with Gasteiger partial charge in [-0.25, -0.2) is 0 Å². The summed E-state index contributed by atoms with van der Waals surface area (Å²) < 4.78 is 0. The van der Waals surface area contributed by atoms with Gasteiger partial charge in [-0.3, -0.25) is 9.79 Å². The summed E-state index contributed by atoms with van der Waals surface area (Å²) in [4.78, 5) is 17.4. The predicted octanol–water partition coefficient (Wildman–Crippen LogP) is 1.86.